The highest BCUT2D eigenvalue weighted by molar-refractivity contribution is 6.36. The van der Waals surface area contributed by atoms with Crippen LogP contribution in [0, 0.1) is 0 Å². The molecule has 0 bridgehead atoms. The predicted octanol–water partition coefficient (Wildman–Crippen LogP) is 2.31. The van der Waals surface area contributed by atoms with E-state index in [0.717, 1.165) is 6.42 Å². The summed E-state index contributed by atoms with van der Waals surface area (Å²) in [6.45, 7) is 1.77. The number of nitrogens with one attached hydrogen (secondary N) is 2. The van der Waals surface area contributed by atoms with Gasteiger partial charge in [0.2, 0.25) is 0 Å². The van der Waals surface area contributed by atoms with Gasteiger partial charge in [0.05, 0.1) is 6.42 Å². The highest BCUT2D eigenvalue weighted by atomic mass is 35.5. The summed E-state index contributed by atoms with van der Waals surface area (Å²) in [5, 5.41) is 5.18. The monoisotopic (exact) mass is 346 g/mol. The second kappa shape index (κ2) is 9.27. The Bertz CT molecular complexity index is 544. The molecule has 6 nitrogen and oxygen atoms in total. The Kier molecular flexibility index (Phi) is 7.70. The summed E-state index contributed by atoms with van der Waals surface area (Å²) in [6.07, 6.45) is 0.586. The number of urea groups is 1. The molecule has 0 aromatic heterocycles. The van der Waals surface area contributed by atoms with Crippen molar-refractivity contribution >= 4 is 41.1 Å². The summed E-state index contributed by atoms with van der Waals surface area (Å²) in [7, 11) is 0. The van der Waals surface area contributed by atoms with Crippen molar-refractivity contribution < 1.29 is 19.1 Å². The average Bonchev–Trinajstić information content (AvgIpc) is 2.47. The predicted molar refractivity (Wildman–Crippen MR) is 83.0 cm³/mol. The molecular weight excluding hydrogens is 331 g/mol. The van der Waals surface area contributed by atoms with E-state index >= 15 is 0 Å². The molecule has 0 saturated heterocycles. The van der Waals surface area contributed by atoms with Crippen LogP contribution >= 0.6 is 23.2 Å². The van der Waals surface area contributed by atoms with E-state index in [1.54, 1.807) is 18.2 Å². The van der Waals surface area contributed by atoms with Gasteiger partial charge >= 0.3 is 12.0 Å². The number of hydrogen-bond donors (Lipinski definition) is 2. The smallest absolute Gasteiger partial charge is 0.321 e. The fourth-order valence-electron chi connectivity index (χ4n) is 1.49. The van der Waals surface area contributed by atoms with E-state index in [1.807, 2.05) is 12.2 Å². The van der Waals surface area contributed by atoms with Crippen molar-refractivity contribution in [1.82, 2.24) is 10.6 Å². The van der Waals surface area contributed by atoms with E-state index in [1.165, 1.54) is 0 Å². The van der Waals surface area contributed by atoms with Crippen LogP contribution in [0.3, 0.4) is 0 Å². The van der Waals surface area contributed by atoms with E-state index in [-0.39, 0.29) is 6.42 Å². The van der Waals surface area contributed by atoms with Gasteiger partial charge in [0.25, 0.3) is 5.91 Å². The van der Waals surface area contributed by atoms with Gasteiger partial charge in [-0.1, -0.05) is 36.2 Å². The first kappa shape index (κ1) is 18.3. The maximum Gasteiger partial charge on any atom is 0.321 e. The number of carbonyl (C=O) groups excluding carboxylic acids is 3. The summed E-state index contributed by atoms with van der Waals surface area (Å²) in [5.41, 5.74) is 0.428. The van der Waals surface area contributed by atoms with Gasteiger partial charge in [-0.25, -0.2) is 4.79 Å². The molecule has 1 rings (SSSR count). The van der Waals surface area contributed by atoms with Crippen molar-refractivity contribution in [3.8, 4) is 0 Å². The molecular formula is C14H16Cl2N2O4. The van der Waals surface area contributed by atoms with Gasteiger partial charge < -0.3 is 10.1 Å². The maximum atomic E-state index is 11.7. The second-order valence-electron chi connectivity index (χ2n) is 4.34. The molecule has 0 fully saturated rings. The first-order chi connectivity index (χ1) is 10.4. The van der Waals surface area contributed by atoms with Gasteiger partial charge in [0.15, 0.2) is 6.61 Å². The minimum absolute atomic E-state index is 0.159. The molecule has 0 heterocycles. The van der Waals surface area contributed by atoms with E-state index in [2.05, 4.69) is 5.32 Å². The number of imide groups is 1. The van der Waals surface area contributed by atoms with Crippen molar-refractivity contribution in [3.63, 3.8) is 0 Å². The van der Waals surface area contributed by atoms with E-state index in [9.17, 15) is 14.4 Å². The number of carbonyl (C=O) groups is 3. The molecule has 22 heavy (non-hydrogen) atoms. The molecule has 0 radical (unpaired) electrons. The van der Waals surface area contributed by atoms with Gasteiger partial charge in [-0.05, 0) is 18.6 Å². The number of amides is 3. The summed E-state index contributed by atoms with van der Waals surface area (Å²) >= 11 is 11.9. The van der Waals surface area contributed by atoms with Crippen molar-refractivity contribution in [2.24, 2.45) is 0 Å². The van der Waals surface area contributed by atoms with Crippen LogP contribution in [0.25, 0.3) is 0 Å². The van der Waals surface area contributed by atoms with Crippen LogP contribution in [0.5, 0.6) is 0 Å². The first-order valence-corrected chi connectivity index (χ1v) is 7.35. The Hall–Kier alpha value is -1.79. The Labute approximate surface area is 138 Å². The molecule has 0 atom stereocenters. The normalized spacial score (nSPS) is 9.95. The third kappa shape index (κ3) is 6.32. The lowest BCUT2D eigenvalue weighted by molar-refractivity contribution is -0.147. The molecule has 0 spiro atoms. The number of esters is 1. The highest BCUT2D eigenvalue weighted by Crippen LogP contribution is 2.24. The molecule has 0 unspecified atom stereocenters. The van der Waals surface area contributed by atoms with Crippen molar-refractivity contribution in [1.29, 1.82) is 0 Å². The number of hydrogen-bond acceptors (Lipinski definition) is 4. The fraction of sp³-hybridized carbons (Fsp3) is 0.357. The summed E-state index contributed by atoms with van der Waals surface area (Å²) < 4.78 is 4.77. The molecule has 1 aromatic rings. The Balaban J connectivity index is 2.40. The van der Waals surface area contributed by atoms with Crippen LogP contribution in [-0.2, 0) is 20.7 Å². The van der Waals surface area contributed by atoms with Gasteiger partial charge in [0.1, 0.15) is 0 Å². The first-order valence-electron chi connectivity index (χ1n) is 6.60. The van der Waals surface area contributed by atoms with Crippen LogP contribution in [0.4, 0.5) is 4.79 Å². The van der Waals surface area contributed by atoms with E-state index in [0.29, 0.717) is 22.2 Å². The SMILES string of the molecule is CCCNC(=O)NC(=O)COC(=O)Cc1c(Cl)cccc1Cl. The Morgan fingerprint density at radius 2 is 1.82 bits per heavy atom. The average molecular weight is 347 g/mol. The van der Waals surface area contributed by atoms with Gasteiger partial charge in [-0.3, -0.25) is 14.9 Å². The quantitative estimate of drug-likeness (QED) is 0.774. The van der Waals surface area contributed by atoms with Crippen molar-refractivity contribution in [2.75, 3.05) is 13.2 Å². The maximum absolute atomic E-state index is 11.7. The summed E-state index contributed by atoms with van der Waals surface area (Å²) in [6, 6.07) is 4.22. The molecule has 3 amide bonds. The number of benzene rings is 1. The highest BCUT2D eigenvalue weighted by Gasteiger charge is 2.14. The van der Waals surface area contributed by atoms with E-state index < -0.39 is 24.5 Å². The van der Waals surface area contributed by atoms with Gasteiger partial charge in [-0.2, -0.15) is 0 Å². The third-order valence-corrected chi connectivity index (χ3v) is 3.24. The Morgan fingerprint density at radius 1 is 1.18 bits per heavy atom. The molecule has 1 aromatic carbocycles. The standard InChI is InChI=1S/C14H16Cl2N2O4/c1-2-6-17-14(21)18-12(19)8-22-13(20)7-9-10(15)4-3-5-11(9)16/h3-5H,2,6-8H2,1H3,(H2,17,18,19,21). The lowest BCUT2D eigenvalue weighted by Crippen LogP contribution is -2.41. The molecule has 0 aliphatic rings. The summed E-state index contributed by atoms with van der Waals surface area (Å²) in [4.78, 5) is 34.3. The van der Waals surface area contributed by atoms with Crippen LogP contribution in [0.2, 0.25) is 10.0 Å². The molecule has 0 aliphatic heterocycles. The minimum Gasteiger partial charge on any atom is -0.455 e. The number of rotatable bonds is 6. The zero-order chi connectivity index (χ0) is 16.5. The molecule has 8 heteroatoms. The lowest BCUT2D eigenvalue weighted by atomic mass is 10.1. The molecule has 120 valence electrons. The van der Waals surface area contributed by atoms with Crippen LogP contribution < -0.4 is 10.6 Å². The molecule has 0 aliphatic carbocycles. The largest absolute Gasteiger partial charge is 0.455 e. The molecule has 0 saturated carbocycles. The topological polar surface area (TPSA) is 84.5 Å². The zero-order valence-electron chi connectivity index (χ0n) is 11.9. The minimum atomic E-state index is -0.716. The number of halogens is 2. The summed E-state index contributed by atoms with van der Waals surface area (Å²) in [5.74, 6) is -1.38. The zero-order valence-corrected chi connectivity index (χ0v) is 13.5. The Morgan fingerprint density at radius 3 is 2.41 bits per heavy atom. The lowest BCUT2D eigenvalue weighted by Gasteiger charge is -2.08. The van der Waals surface area contributed by atoms with Crippen molar-refractivity contribution in [2.45, 2.75) is 19.8 Å². The van der Waals surface area contributed by atoms with Crippen molar-refractivity contribution in [3.05, 3.63) is 33.8 Å². The number of ether oxygens (including phenoxy) is 1. The van der Waals surface area contributed by atoms with Gasteiger partial charge in [0, 0.05) is 22.2 Å². The van der Waals surface area contributed by atoms with Crippen LogP contribution in [0.15, 0.2) is 18.2 Å². The van der Waals surface area contributed by atoms with Gasteiger partial charge in [-0.15, -0.1) is 0 Å². The van der Waals surface area contributed by atoms with Crippen LogP contribution in [-0.4, -0.2) is 31.1 Å². The van der Waals surface area contributed by atoms with Crippen LogP contribution in [0.1, 0.15) is 18.9 Å². The molecule has 2 N–H and O–H groups in total. The second-order valence-corrected chi connectivity index (χ2v) is 5.16. The third-order valence-electron chi connectivity index (χ3n) is 2.54. The van der Waals surface area contributed by atoms with E-state index in [4.69, 9.17) is 27.9 Å². The fourth-order valence-corrected chi connectivity index (χ4v) is 2.02.